The summed E-state index contributed by atoms with van der Waals surface area (Å²) in [6, 6.07) is -0.415. The van der Waals surface area contributed by atoms with E-state index in [1.807, 2.05) is 19.0 Å². The van der Waals surface area contributed by atoms with Crippen LogP contribution in [0.2, 0.25) is 0 Å². The van der Waals surface area contributed by atoms with Crippen molar-refractivity contribution in [2.24, 2.45) is 11.5 Å². The Morgan fingerprint density at radius 1 is 0.808 bits per heavy atom. The van der Waals surface area contributed by atoms with Gasteiger partial charge in [-0.15, -0.1) is 0 Å². The van der Waals surface area contributed by atoms with E-state index in [1.165, 1.54) is 0 Å². The summed E-state index contributed by atoms with van der Waals surface area (Å²) in [6.45, 7) is 8.95. The second-order valence-electron chi connectivity index (χ2n) is 6.42. The van der Waals surface area contributed by atoms with Gasteiger partial charge in [-0.3, -0.25) is 9.80 Å². The second kappa shape index (κ2) is 10.7. The zero-order valence-electron chi connectivity index (χ0n) is 16.0. The molecule has 148 valence electrons. The average Bonchev–Trinajstić information content (AvgIpc) is 2.57. The van der Waals surface area contributed by atoms with Crippen LogP contribution in [0.5, 0.6) is 0 Å². The van der Waals surface area contributed by atoms with Gasteiger partial charge in [0.1, 0.15) is 22.1 Å². The maximum atomic E-state index is 6.04. The average molecular weight is 435 g/mol. The van der Waals surface area contributed by atoms with Crippen molar-refractivity contribution in [3.8, 4) is 0 Å². The Morgan fingerprint density at radius 3 is 1.42 bits per heavy atom. The van der Waals surface area contributed by atoms with E-state index in [1.54, 1.807) is 0 Å². The van der Waals surface area contributed by atoms with Crippen LogP contribution in [0, 0.1) is 0 Å². The molecule has 0 saturated carbocycles. The largest absolute Gasteiger partial charge is 0.392 e. The lowest BCUT2D eigenvalue weighted by molar-refractivity contribution is 0.131. The molecule has 1 aliphatic rings. The third-order valence-electron chi connectivity index (χ3n) is 4.60. The highest BCUT2D eigenvalue weighted by Crippen LogP contribution is 2.15. The topological polar surface area (TPSA) is 65.0 Å². The Kier molecular flexibility index (Phi) is 9.70. The molecule has 1 aliphatic heterocycles. The van der Waals surface area contributed by atoms with Crippen molar-refractivity contribution in [2.45, 2.75) is 25.9 Å². The van der Waals surface area contributed by atoms with Crippen molar-refractivity contribution in [3.05, 3.63) is 0 Å². The molecule has 1 fully saturated rings. The molecular weight excluding hydrogens is 404 g/mol. The Bertz CT molecular complexity index is 541. The lowest BCUT2D eigenvalue weighted by Crippen LogP contribution is -2.62. The molecule has 0 amide bonds. The normalized spacial score (nSPS) is 18.0. The van der Waals surface area contributed by atoms with E-state index in [9.17, 15) is 0 Å². The lowest BCUT2D eigenvalue weighted by atomic mass is 10.1. The first-order chi connectivity index (χ1) is 12.1. The van der Waals surface area contributed by atoms with Gasteiger partial charge in [-0.25, -0.2) is 0 Å². The van der Waals surface area contributed by atoms with E-state index in [4.69, 9.17) is 60.3 Å². The number of likely N-dealkylation sites (N-methyl/N-ethyl adjacent to an activating group) is 2. The molecule has 2 atom stereocenters. The fraction of sp³-hybridized carbons (Fsp3) is 0.750. The van der Waals surface area contributed by atoms with Gasteiger partial charge >= 0.3 is 0 Å². The van der Waals surface area contributed by atoms with Crippen molar-refractivity contribution in [1.29, 1.82) is 0 Å². The molecule has 26 heavy (non-hydrogen) atoms. The van der Waals surface area contributed by atoms with Gasteiger partial charge in [0.15, 0.2) is 0 Å². The molecule has 1 rings (SSSR count). The summed E-state index contributed by atoms with van der Waals surface area (Å²) in [5.74, 6) is 0. The van der Waals surface area contributed by atoms with Gasteiger partial charge in [0.25, 0.3) is 0 Å². The molecule has 0 aromatic heterocycles. The maximum absolute atomic E-state index is 6.04. The summed E-state index contributed by atoms with van der Waals surface area (Å²) in [4.78, 5) is 10.8. The number of rotatable bonds is 8. The molecule has 0 bridgehead atoms. The van der Waals surface area contributed by atoms with Crippen molar-refractivity contribution in [3.63, 3.8) is 0 Å². The smallest absolute Gasteiger partial charge is 0.111 e. The van der Waals surface area contributed by atoms with Crippen molar-refractivity contribution in [1.82, 2.24) is 19.6 Å². The summed E-state index contributed by atoms with van der Waals surface area (Å²) in [6.07, 6.45) is 0. The van der Waals surface area contributed by atoms with E-state index in [0.29, 0.717) is 9.98 Å². The molecule has 1 saturated heterocycles. The van der Waals surface area contributed by atoms with Crippen LogP contribution < -0.4 is 11.5 Å². The van der Waals surface area contributed by atoms with Crippen LogP contribution in [0.3, 0.4) is 0 Å². The molecule has 0 aliphatic carbocycles. The minimum atomic E-state index is -0.213. The molecule has 0 radical (unpaired) electrons. The van der Waals surface area contributed by atoms with E-state index in [0.717, 1.165) is 49.2 Å². The third-order valence-corrected chi connectivity index (χ3v) is 6.12. The summed E-state index contributed by atoms with van der Waals surface area (Å²) in [5.41, 5.74) is 12.0. The molecule has 0 aromatic rings. The van der Waals surface area contributed by atoms with Gasteiger partial charge in [0.2, 0.25) is 0 Å². The third kappa shape index (κ3) is 5.74. The van der Waals surface area contributed by atoms with Gasteiger partial charge < -0.3 is 21.3 Å². The molecule has 0 spiro atoms. The number of nitrogens with zero attached hydrogens (tertiary/aromatic N) is 4. The standard InChI is InChI=1S/C16H30N6S4/c1-5-20(6-2)16(26)12(14(18)24)22-9-7-21(8-10-22)11(13(17)23)15(25)19(3)4/h11-12H,5-10H2,1-4H3,(H2,17,23)(H2,18,24). The molecule has 6 nitrogen and oxygen atoms in total. The van der Waals surface area contributed by atoms with Crippen molar-refractivity contribution < 1.29 is 0 Å². The summed E-state index contributed by atoms with van der Waals surface area (Å²) < 4.78 is 0. The number of nitrogens with two attached hydrogens (primary N) is 2. The predicted octanol–water partition coefficient (Wildman–Crippen LogP) is 0.472. The molecule has 0 aromatic carbocycles. The van der Waals surface area contributed by atoms with Crippen LogP contribution >= 0.6 is 48.9 Å². The van der Waals surface area contributed by atoms with Crippen molar-refractivity contribution >= 4 is 68.8 Å². The van der Waals surface area contributed by atoms with Gasteiger partial charge in [0, 0.05) is 53.4 Å². The highest BCUT2D eigenvalue weighted by Gasteiger charge is 2.34. The van der Waals surface area contributed by atoms with Gasteiger partial charge in [-0.1, -0.05) is 48.9 Å². The number of hydrogen-bond acceptors (Lipinski definition) is 6. The van der Waals surface area contributed by atoms with E-state index in [2.05, 4.69) is 28.5 Å². The highest BCUT2D eigenvalue weighted by atomic mass is 32.1. The Hall–Kier alpha value is -0.520. The molecule has 10 heteroatoms. The monoisotopic (exact) mass is 434 g/mol. The van der Waals surface area contributed by atoms with Crippen LogP contribution in [-0.2, 0) is 0 Å². The molecule has 2 unspecified atom stereocenters. The number of thiocarbonyl (C=S) groups is 4. The number of piperazine rings is 1. The zero-order chi connectivity index (χ0) is 20.0. The van der Waals surface area contributed by atoms with E-state index >= 15 is 0 Å². The van der Waals surface area contributed by atoms with Gasteiger partial charge in [0.05, 0.1) is 9.98 Å². The Morgan fingerprint density at radius 2 is 1.15 bits per heavy atom. The minimum Gasteiger partial charge on any atom is -0.392 e. The first kappa shape index (κ1) is 23.5. The quantitative estimate of drug-likeness (QED) is 0.527. The highest BCUT2D eigenvalue weighted by molar-refractivity contribution is 7.82. The molecule has 1 heterocycles. The van der Waals surface area contributed by atoms with Crippen molar-refractivity contribution in [2.75, 3.05) is 53.4 Å². The minimum absolute atomic E-state index is 0.203. The van der Waals surface area contributed by atoms with Crippen LogP contribution in [0.25, 0.3) is 0 Å². The molecule has 4 N–H and O–H groups in total. The lowest BCUT2D eigenvalue weighted by Gasteiger charge is -2.43. The van der Waals surface area contributed by atoms with E-state index < -0.39 is 0 Å². The Balaban J connectivity index is 2.87. The van der Waals surface area contributed by atoms with Crippen LogP contribution in [0.15, 0.2) is 0 Å². The van der Waals surface area contributed by atoms with E-state index in [-0.39, 0.29) is 12.1 Å². The summed E-state index contributed by atoms with van der Waals surface area (Å²) in [5, 5.41) is 0. The second-order valence-corrected chi connectivity index (χ2v) is 8.20. The van der Waals surface area contributed by atoms with Crippen LogP contribution in [0.4, 0.5) is 0 Å². The summed E-state index contributed by atoms with van der Waals surface area (Å²) >= 11 is 21.8. The molecular formula is C16H30N6S4. The first-order valence-electron chi connectivity index (χ1n) is 8.72. The number of hydrogen-bond donors (Lipinski definition) is 2. The predicted molar refractivity (Wildman–Crippen MR) is 126 cm³/mol. The fourth-order valence-electron chi connectivity index (χ4n) is 3.12. The first-order valence-corrected chi connectivity index (χ1v) is 10.4. The SMILES string of the molecule is CCN(CC)C(=S)C(C(N)=S)N1CCN(C(C(N)=S)C(=S)N(C)C)CC1. The Labute approximate surface area is 178 Å². The summed E-state index contributed by atoms with van der Waals surface area (Å²) in [7, 11) is 3.82. The van der Waals surface area contributed by atoms with Crippen LogP contribution in [-0.4, -0.2) is 105 Å². The van der Waals surface area contributed by atoms with Crippen LogP contribution in [0.1, 0.15) is 13.8 Å². The maximum Gasteiger partial charge on any atom is 0.111 e. The van der Waals surface area contributed by atoms with Gasteiger partial charge in [-0.2, -0.15) is 0 Å². The fourth-order valence-corrected chi connectivity index (χ4v) is 4.60. The van der Waals surface area contributed by atoms with Gasteiger partial charge in [-0.05, 0) is 13.8 Å². The zero-order valence-corrected chi connectivity index (χ0v) is 19.2.